The summed E-state index contributed by atoms with van der Waals surface area (Å²) >= 11 is 3.33. The van der Waals surface area contributed by atoms with E-state index >= 15 is 0 Å². The first kappa shape index (κ1) is 11.1. The number of hydrogen-bond acceptors (Lipinski definition) is 2. The van der Waals surface area contributed by atoms with E-state index in [0.29, 0.717) is 12.1 Å². The number of nitrogens with two attached hydrogens (primary N) is 1. The van der Waals surface area contributed by atoms with Crippen molar-refractivity contribution >= 4 is 21.6 Å². The Morgan fingerprint density at radius 2 is 2.29 bits per heavy atom. The zero-order valence-corrected chi connectivity index (χ0v) is 9.51. The highest BCUT2D eigenvalue weighted by Crippen LogP contribution is 2.26. The monoisotopic (exact) mass is 253 g/mol. The Morgan fingerprint density at radius 1 is 1.57 bits per heavy atom. The lowest BCUT2D eigenvalue weighted by molar-refractivity contribution is 0.184. The molecule has 0 saturated heterocycles. The molecule has 1 unspecified atom stereocenters. The molecule has 1 rings (SSSR count). The molecule has 0 spiro atoms. The van der Waals surface area contributed by atoms with Gasteiger partial charge in [0.2, 0.25) is 0 Å². The Kier molecular flexibility index (Phi) is 3.99. The van der Waals surface area contributed by atoms with Crippen LogP contribution in [0.1, 0.15) is 25.0 Å². The summed E-state index contributed by atoms with van der Waals surface area (Å²) in [6.07, 6.45) is -0.197. The number of anilines is 1. The molecule has 0 aliphatic carbocycles. The van der Waals surface area contributed by atoms with Crippen LogP contribution >= 0.6 is 15.9 Å². The molecule has 0 amide bonds. The Hall–Kier alpha value is -0.980. The first-order chi connectivity index (χ1) is 6.65. The highest BCUT2D eigenvalue weighted by atomic mass is 79.9. The molecule has 0 saturated carbocycles. The maximum atomic E-state index is 9.75. The number of aliphatic hydroxyl groups is 1. The van der Waals surface area contributed by atoms with E-state index in [0.717, 1.165) is 10.0 Å². The van der Waals surface area contributed by atoms with Gasteiger partial charge in [-0.1, -0.05) is 15.9 Å². The first-order valence-electron chi connectivity index (χ1n) is 4.27. The molecule has 1 aromatic rings. The van der Waals surface area contributed by atoms with Gasteiger partial charge in [0.15, 0.2) is 0 Å². The highest BCUT2D eigenvalue weighted by molar-refractivity contribution is 9.10. The van der Waals surface area contributed by atoms with Crippen LogP contribution in [-0.2, 0) is 0 Å². The second-order valence-electron chi connectivity index (χ2n) is 2.92. The van der Waals surface area contributed by atoms with Crippen molar-refractivity contribution in [1.29, 1.82) is 0 Å². The minimum absolute atomic E-state index is 0.414. The summed E-state index contributed by atoms with van der Waals surface area (Å²) in [5.41, 5.74) is 7.05. The predicted octanol–water partition coefficient (Wildman–Crippen LogP) is 2.48. The molecule has 3 heteroatoms. The van der Waals surface area contributed by atoms with Gasteiger partial charge < -0.3 is 10.8 Å². The summed E-state index contributed by atoms with van der Waals surface area (Å²) in [6.45, 7) is 1.75. The molecule has 0 bridgehead atoms. The fourth-order valence-corrected chi connectivity index (χ4v) is 1.52. The van der Waals surface area contributed by atoms with Gasteiger partial charge >= 0.3 is 0 Å². The van der Waals surface area contributed by atoms with Crippen molar-refractivity contribution in [2.75, 3.05) is 5.73 Å². The largest absolute Gasteiger partial charge is 0.398 e. The molecular weight excluding hydrogens is 242 g/mol. The fraction of sp³-hybridized carbons (Fsp3) is 0.273. The van der Waals surface area contributed by atoms with Gasteiger partial charge in [0.05, 0.1) is 6.10 Å². The Morgan fingerprint density at radius 3 is 2.93 bits per heavy atom. The standard InChI is InChI=1S/C11H12BrNO/c1-2-3-4-11(14)9-7-8(12)5-6-10(9)13/h5-7,11,14H,4,13H2,1H3. The molecule has 1 aromatic carbocycles. The lowest BCUT2D eigenvalue weighted by Gasteiger charge is -2.10. The third kappa shape index (κ3) is 2.76. The van der Waals surface area contributed by atoms with Crippen LogP contribution in [0.2, 0.25) is 0 Å². The zero-order valence-electron chi connectivity index (χ0n) is 7.92. The summed E-state index contributed by atoms with van der Waals surface area (Å²) in [5.74, 6) is 5.56. The first-order valence-corrected chi connectivity index (χ1v) is 5.07. The van der Waals surface area contributed by atoms with Gasteiger partial charge in [-0.2, -0.15) is 0 Å². The van der Waals surface area contributed by atoms with Crippen molar-refractivity contribution in [2.24, 2.45) is 0 Å². The summed E-state index contributed by atoms with van der Waals surface area (Å²) < 4.78 is 0.908. The number of benzene rings is 1. The molecular formula is C11H12BrNO. The number of hydrogen-bond donors (Lipinski definition) is 2. The Labute approximate surface area is 92.3 Å². The zero-order chi connectivity index (χ0) is 10.6. The molecule has 74 valence electrons. The molecule has 0 aromatic heterocycles. The molecule has 0 aliphatic heterocycles. The molecule has 3 N–H and O–H groups in total. The van der Waals surface area contributed by atoms with E-state index in [1.807, 2.05) is 12.1 Å². The van der Waals surface area contributed by atoms with Crippen molar-refractivity contribution in [3.8, 4) is 11.8 Å². The minimum atomic E-state index is -0.611. The number of aliphatic hydroxyl groups excluding tert-OH is 1. The average molecular weight is 254 g/mol. The van der Waals surface area contributed by atoms with Crippen LogP contribution < -0.4 is 5.73 Å². The summed E-state index contributed by atoms with van der Waals surface area (Å²) in [4.78, 5) is 0. The third-order valence-corrected chi connectivity index (χ3v) is 2.37. The van der Waals surface area contributed by atoms with Crippen molar-refractivity contribution in [1.82, 2.24) is 0 Å². The van der Waals surface area contributed by atoms with Gasteiger partial charge in [-0.05, 0) is 25.1 Å². The number of rotatable bonds is 2. The van der Waals surface area contributed by atoms with Crippen LogP contribution in [-0.4, -0.2) is 5.11 Å². The summed E-state index contributed by atoms with van der Waals surface area (Å²) in [5, 5.41) is 9.75. The SMILES string of the molecule is CC#CCC(O)c1cc(Br)ccc1N. The van der Waals surface area contributed by atoms with Crippen LogP contribution in [0.5, 0.6) is 0 Å². The highest BCUT2D eigenvalue weighted by Gasteiger charge is 2.09. The lowest BCUT2D eigenvalue weighted by Crippen LogP contribution is -2.01. The molecule has 0 radical (unpaired) electrons. The van der Waals surface area contributed by atoms with Crippen LogP contribution in [0.4, 0.5) is 5.69 Å². The van der Waals surface area contributed by atoms with Crippen molar-refractivity contribution in [3.05, 3.63) is 28.2 Å². The smallest absolute Gasteiger partial charge is 0.0919 e. The van der Waals surface area contributed by atoms with Crippen LogP contribution in [0.3, 0.4) is 0 Å². The van der Waals surface area contributed by atoms with Gasteiger partial charge in [-0.3, -0.25) is 0 Å². The van der Waals surface area contributed by atoms with E-state index in [1.165, 1.54) is 0 Å². The van der Waals surface area contributed by atoms with Crippen LogP contribution in [0.25, 0.3) is 0 Å². The predicted molar refractivity (Wildman–Crippen MR) is 61.6 cm³/mol. The molecule has 14 heavy (non-hydrogen) atoms. The molecule has 0 aliphatic rings. The van der Waals surface area contributed by atoms with E-state index < -0.39 is 6.10 Å². The average Bonchev–Trinajstić information content (AvgIpc) is 2.18. The van der Waals surface area contributed by atoms with E-state index in [1.54, 1.807) is 13.0 Å². The second kappa shape index (κ2) is 5.04. The van der Waals surface area contributed by atoms with Crippen molar-refractivity contribution in [3.63, 3.8) is 0 Å². The normalized spacial score (nSPS) is 11.6. The van der Waals surface area contributed by atoms with Gasteiger partial charge in [-0.25, -0.2) is 0 Å². The number of nitrogen functional groups attached to an aromatic ring is 1. The number of halogens is 1. The van der Waals surface area contributed by atoms with Crippen LogP contribution in [0.15, 0.2) is 22.7 Å². The van der Waals surface area contributed by atoms with E-state index in [9.17, 15) is 5.11 Å². The van der Waals surface area contributed by atoms with Crippen LogP contribution in [0, 0.1) is 11.8 Å². The lowest BCUT2D eigenvalue weighted by atomic mass is 10.1. The van der Waals surface area contributed by atoms with E-state index in [4.69, 9.17) is 5.73 Å². The summed E-state index contributed by atoms with van der Waals surface area (Å²) in [7, 11) is 0. The quantitative estimate of drug-likeness (QED) is 0.629. The van der Waals surface area contributed by atoms with Gasteiger partial charge in [0, 0.05) is 22.1 Å². The fourth-order valence-electron chi connectivity index (χ4n) is 1.14. The second-order valence-corrected chi connectivity index (χ2v) is 3.84. The van der Waals surface area contributed by atoms with E-state index in [-0.39, 0.29) is 0 Å². The molecule has 2 nitrogen and oxygen atoms in total. The van der Waals surface area contributed by atoms with Crippen molar-refractivity contribution in [2.45, 2.75) is 19.4 Å². The topological polar surface area (TPSA) is 46.2 Å². The van der Waals surface area contributed by atoms with E-state index in [2.05, 4.69) is 27.8 Å². The Bertz CT molecular complexity index is 379. The maximum Gasteiger partial charge on any atom is 0.0919 e. The molecule has 0 heterocycles. The maximum absolute atomic E-state index is 9.75. The third-order valence-electron chi connectivity index (χ3n) is 1.88. The minimum Gasteiger partial charge on any atom is -0.398 e. The molecule has 1 atom stereocenters. The van der Waals surface area contributed by atoms with Crippen molar-refractivity contribution < 1.29 is 5.11 Å². The van der Waals surface area contributed by atoms with Gasteiger partial charge in [0.1, 0.15) is 0 Å². The molecule has 0 fully saturated rings. The van der Waals surface area contributed by atoms with Gasteiger partial charge in [-0.15, -0.1) is 11.8 Å². The summed E-state index contributed by atoms with van der Waals surface area (Å²) in [6, 6.07) is 5.43. The van der Waals surface area contributed by atoms with Gasteiger partial charge in [0.25, 0.3) is 0 Å². The Balaban J connectivity index is 2.91.